The predicted octanol–water partition coefficient (Wildman–Crippen LogP) is 3.63. The average molecular weight is 189 g/mol. The lowest BCUT2D eigenvalue weighted by atomic mass is 10.0. The van der Waals surface area contributed by atoms with Gasteiger partial charge < -0.3 is 0 Å². The van der Waals surface area contributed by atoms with Crippen molar-refractivity contribution in [3.8, 4) is 0 Å². The summed E-state index contributed by atoms with van der Waals surface area (Å²) in [5.74, 6) is 0. The van der Waals surface area contributed by atoms with Crippen molar-refractivity contribution in [3.63, 3.8) is 0 Å². The van der Waals surface area contributed by atoms with Gasteiger partial charge in [-0.15, -0.1) is 0 Å². The fourth-order valence-electron chi connectivity index (χ4n) is 1.34. The Labute approximate surface area is 84.4 Å². The van der Waals surface area contributed by atoms with Gasteiger partial charge in [-0.1, -0.05) is 41.9 Å². The van der Waals surface area contributed by atoms with E-state index in [1.54, 1.807) is 0 Å². The van der Waals surface area contributed by atoms with Gasteiger partial charge in [0.05, 0.1) is 0 Å². The van der Waals surface area contributed by atoms with Crippen LogP contribution >= 0.6 is 0 Å². The van der Waals surface area contributed by atoms with Crippen LogP contribution in [-0.4, -0.2) is 6.04 Å². The molecule has 0 saturated heterocycles. The molecule has 0 saturated carbocycles. The molecule has 0 amide bonds. The van der Waals surface area contributed by atoms with Crippen LogP contribution in [0.4, 0.5) is 0 Å². The Morgan fingerprint density at radius 3 is 2.50 bits per heavy atom. The van der Waals surface area contributed by atoms with E-state index >= 15 is 0 Å². The minimum atomic E-state index is 0.0858. The van der Waals surface area contributed by atoms with Crippen LogP contribution in [0, 0.1) is 6.92 Å². The van der Waals surface area contributed by atoms with Crippen LogP contribution in [0.25, 0.3) is 10.4 Å². The maximum Gasteiger partial charge on any atom is 0.0411 e. The van der Waals surface area contributed by atoms with E-state index in [1.165, 1.54) is 11.1 Å². The first-order valence-electron chi connectivity index (χ1n) is 4.86. The molecule has 0 aliphatic carbocycles. The molecule has 3 nitrogen and oxygen atoms in total. The maximum atomic E-state index is 8.35. The zero-order chi connectivity index (χ0) is 10.4. The van der Waals surface area contributed by atoms with Gasteiger partial charge in [0.25, 0.3) is 0 Å². The van der Waals surface area contributed by atoms with Gasteiger partial charge in [-0.25, -0.2) is 0 Å². The highest BCUT2D eigenvalue weighted by molar-refractivity contribution is 5.22. The SMILES string of the molecule is CCC(Cc1ccc(C)cc1)N=[N+]=[N-]. The van der Waals surface area contributed by atoms with E-state index in [9.17, 15) is 0 Å². The Balaban J connectivity index is 2.67. The van der Waals surface area contributed by atoms with Gasteiger partial charge in [0, 0.05) is 11.0 Å². The molecule has 74 valence electrons. The molecular formula is C11H15N3. The van der Waals surface area contributed by atoms with Gasteiger partial charge in [-0.2, -0.15) is 0 Å². The molecule has 0 spiro atoms. The molecule has 0 radical (unpaired) electrons. The van der Waals surface area contributed by atoms with Crippen LogP contribution in [-0.2, 0) is 6.42 Å². The molecule has 1 rings (SSSR count). The van der Waals surface area contributed by atoms with Gasteiger partial charge >= 0.3 is 0 Å². The Bertz CT molecular complexity index is 323. The van der Waals surface area contributed by atoms with Crippen LogP contribution in [0.3, 0.4) is 0 Å². The first kappa shape index (κ1) is 10.6. The van der Waals surface area contributed by atoms with Crippen molar-refractivity contribution in [2.24, 2.45) is 5.11 Å². The number of rotatable bonds is 4. The highest BCUT2D eigenvalue weighted by Crippen LogP contribution is 2.10. The highest BCUT2D eigenvalue weighted by atomic mass is 15.1. The van der Waals surface area contributed by atoms with Crippen LogP contribution in [0.5, 0.6) is 0 Å². The molecule has 3 heteroatoms. The Morgan fingerprint density at radius 1 is 1.36 bits per heavy atom. The molecule has 1 aromatic rings. The molecule has 1 atom stereocenters. The molecule has 0 aliphatic heterocycles. The fraction of sp³-hybridized carbons (Fsp3) is 0.455. The lowest BCUT2D eigenvalue weighted by Crippen LogP contribution is -2.05. The molecule has 1 unspecified atom stereocenters. The average Bonchev–Trinajstić information content (AvgIpc) is 2.20. The lowest BCUT2D eigenvalue weighted by molar-refractivity contribution is 0.642. The second kappa shape index (κ2) is 5.30. The molecule has 0 fully saturated rings. The lowest BCUT2D eigenvalue weighted by Gasteiger charge is -2.07. The predicted molar refractivity (Wildman–Crippen MR) is 58.1 cm³/mol. The number of nitrogens with zero attached hydrogens (tertiary/aromatic N) is 3. The van der Waals surface area contributed by atoms with Crippen LogP contribution in [0.2, 0.25) is 0 Å². The largest absolute Gasteiger partial charge is 0.0903 e. The van der Waals surface area contributed by atoms with Crippen molar-refractivity contribution < 1.29 is 0 Å². The Morgan fingerprint density at radius 2 is 2.00 bits per heavy atom. The molecule has 0 aromatic heterocycles. The molecule has 0 N–H and O–H groups in total. The van der Waals surface area contributed by atoms with Crippen molar-refractivity contribution in [2.75, 3.05) is 0 Å². The van der Waals surface area contributed by atoms with Crippen LogP contribution in [0.1, 0.15) is 24.5 Å². The summed E-state index contributed by atoms with van der Waals surface area (Å²) in [4.78, 5) is 2.85. The Hall–Kier alpha value is -1.47. The molecule has 1 aromatic carbocycles. The number of hydrogen-bond donors (Lipinski definition) is 0. The van der Waals surface area contributed by atoms with Crippen molar-refractivity contribution in [3.05, 3.63) is 45.8 Å². The maximum absolute atomic E-state index is 8.35. The smallest absolute Gasteiger partial charge is 0.0411 e. The van der Waals surface area contributed by atoms with Crippen molar-refractivity contribution in [2.45, 2.75) is 32.7 Å². The second-order valence-electron chi connectivity index (χ2n) is 3.46. The third-order valence-corrected chi connectivity index (χ3v) is 2.28. The zero-order valence-electron chi connectivity index (χ0n) is 8.64. The summed E-state index contributed by atoms with van der Waals surface area (Å²) in [6.07, 6.45) is 1.72. The summed E-state index contributed by atoms with van der Waals surface area (Å²) in [7, 11) is 0. The van der Waals surface area contributed by atoms with Gasteiger partial charge in [0.2, 0.25) is 0 Å². The highest BCUT2D eigenvalue weighted by Gasteiger charge is 2.03. The molecule has 14 heavy (non-hydrogen) atoms. The van der Waals surface area contributed by atoms with E-state index in [4.69, 9.17) is 5.53 Å². The van der Waals surface area contributed by atoms with Crippen molar-refractivity contribution in [1.29, 1.82) is 0 Å². The van der Waals surface area contributed by atoms with E-state index in [0.717, 1.165) is 12.8 Å². The topological polar surface area (TPSA) is 48.8 Å². The van der Waals surface area contributed by atoms with Gasteiger partial charge in [0.15, 0.2) is 0 Å². The van der Waals surface area contributed by atoms with Crippen molar-refractivity contribution in [1.82, 2.24) is 0 Å². The minimum Gasteiger partial charge on any atom is -0.0903 e. The normalized spacial score (nSPS) is 11.9. The van der Waals surface area contributed by atoms with Crippen molar-refractivity contribution >= 4 is 0 Å². The zero-order valence-corrected chi connectivity index (χ0v) is 8.64. The van der Waals surface area contributed by atoms with E-state index in [2.05, 4.69) is 41.2 Å². The molecule has 0 heterocycles. The summed E-state index contributed by atoms with van der Waals surface area (Å²) >= 11 is 0. The third-order valence-electron chi connectivity index (χ3n) is 2.28. The van der Waals surface area contributed by atoms with E-state index in [0.29, 0.717) is 0 Å². The van der Waals surface area contributed by atoms with Crippen LogP contribution in [0.15, 0.2) is 29.4 Å². The summed E-state index contributed by atoms with van der Waals surface area (Å²) in [5, 5.41) is 3.74. The molecule has 0 aliphatic rings. The molecule has 0 bridgehead atoms. The summed E-state index contributed by atoms with van der Waals surface area (Å²) in [5.41, 5.74) is 10.8. The quantitative estimate of drug-likeness (QED) is 0.394. The van der Waals surface area contributed by atoms with E-state index in [1.807, 2.05) is 6.92 Å². The van der Waals surface area contributed by atoms with E-state index < -0.39 is 0 Å². The fourth-order valence-corrected chi connectivity index (χ4v) is 1.34. The number of azide groups is 1. The van der Waals surface area contributed by atoms with E-state index in [-0.39, 0.29) is 6.04 Å². The van der Waals surface area contributed by atoms with Gasteiger partial charge in [-0.05, 0) is 30.9 Å². The van der Waals surface area contributed by atoms with Gasteiger partial charge in [0.1, 0.15) is 0 Å². The monoisotopic (exact) mass is 189 g/mol. The van der Waals surface area contributed by atoms with Gasteiger partial charge in [-0.3, -0.25) is 0 Å². The number of benzene rings is 1. The number of hydrogen-bond acceptors (Lipinski definition) is 1. The van der Waals surface area contributed by atoms with Crippen LogP contribution < -0.4 is 0 Å². The summed E-state index contributed by atoms with van der Waals surface area (Å²) < 4.78 is 0. The Kier molecular flexibility index (Phi) is 4.02. The summed E-state index contributed by atoms with van der Waals surface area (Å²) in [6.45, 7) is 4.10. The first-order valence-corrected chi connectivity index (χ1v) is 4.86. The minimum absolute atomic E-state index is 0.0858. The third kappa shape index (κ3) is 3.11. The standard InChI is InChI=1S/C11H15N3/c1-3-11(13-14-12)8-10-6-4-9(2)5-7-10/h4-7,11H,3,8H2,1-2H3. The molecular weight excluding hydrogens is 174 g/mol. The number of aryl methyl sites for hydroxylation is 1. The summed E-state index contributed by atoms with van der Waals surface area (Å²) in [6, 6.07) is 8.43. The first-order chi connectivity index (χ1) is 6.76. The second-order valence-corrected chi connectivity index (χ2v) is 3.46.